The van der Waals surface area contributed by atoms with Crippen molar-refractivity contribution in [3.63, 3.8) is 0 Å². The van der Waals surface area contributed by atoms with Crippen molar-refractivity contribution in [2.75, 3.05) is 20.3 Å². The molecule has 1 rings (SSSR count). The van der Waals surface area contributed by atoms with E-state index in [-0.39, 0.29) is 5.91 Å². The van der Waals surface area contributed by atoms with E-state index in [4.69, 9.17) is 10.5 Å². The third-order valence-corrected chi connectivity index (χ3v) is 2.79. The minimum absolute atomic E-state index is 0.203. The highest BCUT2D eigenvalue weighted by Gasteiger charge is 2.30. The van der Waals surface area contributed by atoms with Gasteiger partial charge in [0, 0.05) is 19.6 Å². The summed E-state index contributed by atoms with van der Waals surface area (Å²) in [5.41, 5.74) is 5.06. The van der Waals surface area contributed by atoms with Crippen molar-refractivity contribution in [1.82, 2.24) is 5.32 Å². The third kappa shape index (κ3) is 5.74. The lowest BCUT2D eigenvalue weighted by atomic mass is 10.2. The standard InChI is InChI=1S/C11H22N2O2/c1-15-8-10(9-5-6-9)13-7-3-2-4-11(12)14/h9-10,13H,2-8H2,1H3,(H2,12,14). The van der Waals surface area contributed by atoms with Crippen LogP contribution < -0.4 is 11.1 Å². The summed E-state index contributed by atoms with van der Waals surface area (Å²) < 4.78 is 5.16. The van der Waals surface area contributed by atoms with Gasteiger partial charge in [-0.15, -0.1) is 0 Å². The van der Waals surface area contributed by atoms with Gasteiger partial charge in [-0.2, -0.15) is 0 Å². The van der Waals surface area contributed by atoms with Crippen molar-refractivity contribution < 1.29 is 9.53 Å². The lowest BCUT2D eigenvalue weighted by molar-refractivity contribution is -0.118. The molecule has 15 heavy (non-hydrogen) atoms. The first-order valence-electron chi connectivity index (χ1n) is 5.74. The minimum atomic E-state index is -0.203. The second-order valence-corrected chi connectivity index (χ2v) is 4.28. The van der Waals surface area contributed by atoms with Crippen molar-refractivity contribution in [2.45, 2.75) is 38.1 Å². The van der Waals surface area contributed by atoms with Gasteiger partial charge in [-0.1, -0.05) is 0 Å². The second-order valence-electron chi connectivity index (χ2n) is 4.28. The predicted molar refractivity (Wildman–Crippen MR) is 59.4 cm³/mol. The monoisotopic (exact) mass is 214 g/mol. The van der Waals surface area contributed by atoms with Gasteiger partial charge >= 0.3 is 0 Å². The zero-order valence-electron chi connectivity index (χ0n) is 9.50. The van der Waals surface area contributed by atoms with Crippen LogP contribution in [0, 0.1) is 5.92 Å². The Hall–Kier alpha value is -0.610. The number of nitrogens with two attached hydrogens (primary N) is 1. The Morgan fingerprint density at radius 3 is 2.80 bits per heavy atom. The summed E-state index contributed by atoms with van der Waals surface area (Å²) in [5.74, 6) is 0.603. The third-order valence-electron chi connectivity index (χ3n) is 2.79. The number of carbonyl (C=O) groups is 1. The van der Waals surface area contributed by atoms with E-state index in [2.05, 4.69) is 5.32 Å². The van der Waals surface area contributed by atoms with Crippen LogP contribution in [0.1, 0.15) is 32.1 Å². The lowest BCUT2D eigenvalue weighted by Crippen LogP contribution is -2.35. The number of unbranched alkanes of at least 4 members (excludes halogenated alkanes) is 1. The zero-order valence-corrected chi connectivity index (χ0v) is 9.50. The molecular formula is C11H22N2O2. The molecule has 0 aromatic heterocycles. The molecule has 4 nitrogen and oxygen atoms in total. The first kappa shape index (κ1) is 12.5. The largest absolute Gasteiger partial charge is 0.383 e. The van der Waals surface area contributed by atoms with E-state index >= 15 is 0 Å². The second kappa shape index (κ2) is 6.80. The Morgan fingerprint density at radius 1 is 1.53 bits per heavy atom. The van der Waals surface area contributed by atoms with Crippen LogP contribution in [0.2, 0.25) is 0 Å². The molecule has 1 fully saturated rings. The maximum absolute atomic E-state index is 10.5. The van der Waals surface area contributed by atoms with E-state index in [9.17, 15) is 4.79 Å². The van der Waals surface area contributed by atoms with Crippen molar-refractivity contribution in [3.05, 3.63) is 0 Å². The molecule has 1 amide bonds. The molecule has 0 bridgehead atoms. The highest BCUT2D eigenvalue weighted by atomic mass is 16.5. The molecule has 0 aromatic rings. The molecule has 1 saturated carbocycles. The molecule has 4 heteroatoms. The number of carbonyl (C=O) groups excluding carboxylic acids is 1. The lowest BCUT2D eigenvalue weighted by Gasteiger charge is -2.16. The van der Waals surface area contributed by atoms with Crippen molar-refractivity contribution in [1.29, 1.82) is 0 Å². The van der Waals surface area contributed by atoms with Gasteiger partial charge in [0.1, 0.15) is 0 Å². The highest BCUT2D eigenvalue weighted by Crippen LogP contribution is 2.32. The molecule has 1 aliphatic carbocycles. The Labute approximate surface area is 91.5 Å². The molecule has 0 spiro atoms. The van der Waals surface area contributed by atoms with Crippen LogP contribution in [0.15, 0.2) is 0 Å². The maximum atomic E-state index is 10.5. The van der Waals surface area contributed by atoms with E-state index in [1.54, 1.807) is 7.11 Å². The van der Waals surface area contributed by atoms with Gasteiger partial charge in [0.25, 0.3) is 0 Å². The zero-order chi connectivity index (χ0) is 11.1. The van der Waals surface area contributed by atoms with Gasteiger partial charge in [-0.3, -0.25) is 4.79 Å². The number of primary amides is 1. The van der Waals surface area contributed by atoms with Crippen LogP contribution in [0.5, 0.6) is 0 Å². The molecule has 0 heterocycles. The van der Waals surface area contributed by atoms with Crippen LogP contribution in [0.25, 0.3) is 0 Å². The number of methoxy groups -OCH3 is 1. The van der Waals surface area contributed by atoms with E-state index in [1.807, 2.05) is 0 Å². The molecule has 0 aliphatic heterocycles. The highest BCUT2D eigenvalue weighted by molar-refractivity contribution is 5.73. The van der Waals surface area contributed by atoms with Gasteiger partial charge in [-0.25, -0.2) is 0 Å². The fourth-order valence-corrected chi connectivity index (χ4v) is 1.75. The number of rotatable bonds is 9. The summed E-state index contributed by atoms with van der Waals surface area (Å²) in [7, 11) is 1.74. The first-order valence-corrected chi connectivity index (χ1v) is 5.74. The smallest absolute Gasteiger partial charge is 0.217 e. The van der Waals surface area contributed by atoms with Crippen LogP contribution in [0.3, 0.4) is 0 Å². The molecule has 1 unspecified atom stereocenters. The predicted octanol–water partition coefficient (Wildman–Crippen LogP) is 0.657. The fraction of sp³-hybridized carbons (Fsp3) is 0.909. The van der Waals surface area contributed by atoms with Gasteiger partial charge in [-0.05, 0) is 38.1 Å². The summed E-state index contributed by atoms with van der Waals surface area (Å²) in [4.78, 5) is 10.5. The minimum Gasteiger partial charge on any atom is -0.383 e. The average Bonchev–Trinajstić information content (AvgIpc) is 2.98. The summed E-state index contributed by atoms with van der Waals surface area (Å²) in [5, 5.41) is 3.48. The maximum Gasteiger partial charge on any atom is 0.217 e. The Balaban J connectivity index is 1.98. The molecular weight excluding hydrogens is 192 g/mol. The Morgan fingerprint density at radius 2 is 2.27 bits per heavy atom. The molecule has 0 saturated heterocycles. The van der Waals surface area contributed by atoms with Gasteiger partial charge in [0.2, 0.25) is 5.91 Å². The quantitative estimate of drug-likeness (QED) is 0.554. The van der Waals surface area contributed by atoms with Crippen LogP contribution in [-0.4, -0.2) is 32.2 Å². The van der Waals surface area contributed by atoms with Crippen molar-refractivity contribution in [3.8, 4) is 0 Å². The summed E-state index contributed by atoms with van der Waals surface area (Å²) in [6.45, 7) is 1.75. The van der Waals surface area contributed by atoms with Crippen LogP contribution in [-0.2, 0) is 9.53 Å². The van der Waals surface area contributed by atoms with E-state index < -0.39 is 0 Å². The molecule has 0 radical (unpaired) electrons. The SMILES string of the molecule is COCC(NCCCCC(N)=O)C1CC1. The summed E-state index contributed by atoms with van der Waals surface area (Å²) in [6.07, 6.45) is 5.03. The van der Waals surface area contributed by atoms with E-state index in [0.717, 1.165) is 31.9 Å². The Kier molecular flexibility index (Phi) is 5.65. The fourth-order valence-electron chi connectivity index (χ4n) is 1.75. The van der Waals surface area contributed by atoms with Gasteiger partial charge in [0.05, 0.1) is 6.61 Å². The number of hydrogen-bond acceptors (Lipinski definition) is 3. The van der Waals surface area contributed by atoms with E-state index in [1.165, 1.54) is 12.8 Å². The number of hydrogen-bond donors (Lipinski definition) is 2. The topological polar surface area (TPSA) is 64.3 Å². The number of nitrogens with one attached hydrogen (secondary N) is 1. The van der Waals surface area contributed by atoms with E-state index in [0.29, 0.717) is 12.5 Å². The molecule has 1 aliphatic rings. The number of ether oxygens (including phenoxy) is 1. The Bertz CT molecular complexity index is 193. The van der Waals surface area contributed by atoms with Crippen molar-refractivity contribution >= 4 is 5.91 Å². The van der Waals surface area contributed by atoms with Crippen molar-refractivity contribution in [2.24, 2.45) is 11.7 Å². The van der Waals surface area contributed by atoms with Crippen LogP contribution in [0.4, 0.5) is 0 Å². The molecule has 3 N–H and O–H groups in total. The molecule has 0 aromatic carbocycles. The number of amides is 1. The molecule has 1 atom stereocenters. The summed E-state index contributed by atoms with van der Waals surface area (Å²) in [6, 6.07) is 0.503. The normalized spacial score (nSPS) is 17.7. The molecule has 88 valence electrons. The average molecular weight is 214 g/mol. The summed E-state index contributed by atoms with van der Waals surface area (Å²) >= 11 is 0. The van der Waals surface area contributed by atoms with Crippen LogP contribution >= 0.6 is 0 Å². The van der Waals surface area contributed by atoms with Gasteiger partial charge < -0.3 is 15.8 Å². The first-order chi connectivity index (χ1) is 7.24. The van der Waals surface area contributed by atoms with Gasteiger partial charge in [0.15, 0.2) is 0 Å².